The first-order valence-electron chi connectivity index (χ1n) is 6.97. The van der Waals surface area contributed by atoms with Gasteiger partial charge in [-0.3, -0.25) is 0 Å². The van der Waals surface area contributed by atoms with Gasteiger partial charge in [0.25, 0.3) is 0 Å². The molecule has 2 rings (SSSR count). The Morgan fingerprint density at radius 2 is 2.25 bits per heavy atom. The van der Waals surface area contributed by atoms with Crippen molar-refractivity contribution in [1.82, 2.24) is 0 Å². The fourth-order valence-electron chi connectivity index (χ4n) is 2.65. The molecule has 0 radical (unpaired) electrons. The Balaban J connectivity index is 0.00000200. The van der Waals surface area contributed by atoms with Crippen LogP contribution in [0.4, 0.5) is 0 Å². The number of benzene rings is 1. The molecule has 0 amide bonds. The summed E-state index contributed by atoms with van der Waals surface area (Å²) in [5.74, 6) is 2.72. The van der Waals surface area contributed by atoms with E-state index >= 15 is 0 Å². The van der Waals surface area contributed by atoms with E-state index in [4.69, 9.17) is 10.5 Å². The fraction of sp³-hybridized carbons (Fsp3) is 0.529. The van der Waals surface area contributed by atoms with Crippen molar-refractivity contribution in [2.45, 2.75) is 52.5 Å². The van der Waals surface area contributed by atoms with Crippen molar-refractivity contribution in [2.75, 3.05) is 6.61 Å². The van der Waals surface area contributed by atoms with Crippen molar-refractivity contribution < 1.29 is 9.53 Å². The molecule has 0 spiro atoms. The normalized spacial score (nSPS) is 16.0. The van der Waals surface area contributed by atoms with Gasteiger partial charge in [-0.15, -0.1) is 0 Å². The van der Waals surface area contributed by atoms with E-state index < -0.39 is 0 Å². The molecule has 0 saturated heterocycles. The number of carbonyl (C=O) groups excluding carboxylic acids is 1. The average molecular weight is 275 g/mol. The third-order valence-corrected chi connectivity index (χ3v) is 3.45. The lowest BCUT2D eigenvalue weighted by Gasteiger charge is -2.12. The molecule has 0 saturated carbocycles. The SMILES string of the molecule is C.CCCc1cc2c(c(OCCC=C=O)c1)CC(N)C2. The zero-order chi connectivity index (χ0) is 13.7. The highest BCUT2D eigenvalue weighted by molar-refractivity contribution is 5.48. The summed E-state index contributed by atoms with van der Waals surface area (Å²) in [5, 5.41) is 0. The third kappa shape index (κ3) is 3.96. The Morgan fingerprint density at radius 1 is 1.45 bits per heavy atom. The second-order valence-corrected chi connectivity index (χ2v) is 5.11. The highest BCUT2D eigenvalue weighted by Gasteiger charge is 2.22. The van der Waals surface area contributed by atoms with Crippen LogP contribution < -0.4 is 10.5 Å². The van der Waals surface area contributed by atoms with Crippen molar-refractivity contribution >= 4 is 5.94 Å². The Kier molecular flexibility index (Phi) is 6.50. The van der Waals surface area contributed by atoms with Crippen molar-refractivity contribution in [1.29, 1.82) is 0 Å². The summed E-state index contributed by atoms with van der Waals surface area (Å²) in [7, 11) is 0. The minimum atomic E-state index is 0. The standard InChI is InChI=1S/C16H21NO2.CH4/c1-2-5-12-8-13-10-14(17)11-15(13)16(9-12)19-7-4-3-6-18;/h3,8-9,14H,2,4-5,7,10-11,17H2,1H3;1H4. The summed E-state index contributed by atoms with van der Waals surface area (Å²) in [4.78, 5) is 10.1. The molecule has 0 aromatic heterocycles. The van der Waals surface area contributed by atoms with E-state index in [1.165, 1.54) is 22.8 Å². The van der Waals surface area contributed by atoms with Gasteiger partial charge in [0.2, 0.25) is 0 Å². The highest BCUT2D eigenvalue weighted by atomic mass is 16.5. The minimum absolute atomic E-state index is 0. The first-order valence-corrected chi connectivity index (χ1v) is 6.97. The largest absolute Gasteiger partial charge is 0.493 e. The van der Waals surface area contributed by atoms with Gasteiger partial charge in [0.1, 0.15) is 11.7 Å². The number of hydrogen-bond acceptors (Lipinski definition) is 3. The molecule has 110 valence electrons. The molecule has 1 aromatic carbocycles. The van der Waals surface area contributed by atoms with E-state index in [0.29, 0.717) is 13.0 Å². The topological polar surface area (TPSA) is 52.3 Å². The molecule has 1 aliphatic rings. The van der Waals surface area contributed by atoms with E-state index in [-0.39, 0.29) is 13.5 Å². The van der Waals surface area contributed by atoms with Gasteiger partial charge in [0.05, 0.1) is 6.61 Å². The first kappa shape index (κ1) is 16.5. The van der Waals surface area contributed by atoms with Crippen molar-refractivity contribution in [2.24, 2.45) is 5.73 Å². The van der Waals surface area contributed by atoms with Crippen LogP contribution in [0.25, 0.3) is 0 Å². The van der Waals surface area contributed by atoms with E-state index in [2.05, 4.69) is 19.1 Å². The Morgan fingerprint density at radius 3 is 2.95 bits per heavy atom. The van der Waals surface area contributed by atoms with Crippen LogP contribution in [0.1, 0.15) is 43.9 Å². The molecule has 0 fully saturated rings. The van der Waals surface area contributed by atoms with Crippen LogP contribution in [0.2, 0.25) is 0 Å². The van der Waals surface area contributed by atoms with Gasteiger partial charge in [-0.25, -0.2) is 4.79 Å². The number of hydrogen-bond donors (Lipinski definition) is 1. The molecule has 3 nitrogen and oxygen atoms in total. The maximum Gasteiger partial charge on any atom is 0.123 e. The number of aryl methyl sites for hydroxylation is 1. The van der Waals surface area contributed by atoms with Gasteiger partial charge in [-0.05, 0) is 42.0 Å². The molecule has 2 N–H and O–H groups in total. The summed E-state index contributed by atoms with van der Waals surface area (Å²) < 4.78 is 5.82. The maximum absolute atomic E-state index is 10.1. The summed E-state index contributed by atoms with van der Waals surface area (Å²) in [6, 6.07) is 4.61. The highest BCUT2D eigenvalue weighted by Crippen LogP contribution is 2.32. The third-order valence-electron chi connectivity index (χ3n) is 3.45. The molecule has 1 aliphatic carbocycles. The van der Waals surface area contributed by atoms with Crippen LogP contribution in [0.3, 0.4) is 0 Å². The second kappa shape index (κ2) is 7.88. The molecule has 3 heteroatoms. The lowest BCUT2D eigenvalue weighted by atomic mass is 10.0. The summed E-state index contributed by atoms with van der Waals surface area (Å²) in [6.45, 7) is 2.70. The number of ether oxygens (including phenoxy) is 1. The predicted octanol–water partition coefficient (Wildman–Crippen LogP) is 2.86. The zero-order valence-electron chi connectivity index (χ0n) is 11.4. The number of rotatable bonds is 6. The number of nitrogens with two attached hydrogens (primary N) is 1. The number of fused-ring (bicyclic) bond motifs is 1. The predicted molar refractivity (Wildman–Crippen MR) is 82.9 cm³/mol. The Labute approximate surface area is 121 Å². The average Bonchev–Trinajstić information content (AvgIpc) is 2.75. The van der Waals surface area contributed by atoms with Crippen LogP contribution in [0, 0.1) is 0 Å². The van der Waals surface area contributed by atoms with E-state index in [0.717, 1.165) is 31.4 Å². The fourth-order valence-corrected chi connectivity index (χ4v) is 2.65. The van der Waals surface area contributed by atoms with Gasteiger partial charge in [0.15, 0.2) is 0 Å². The smallest absolute Gasteiger partial charge is 0.123 e. The second-order valence-electron chi connectivity index (χ2n) is 5.11. The van der Waals surface area contributed by atoms with Crippen LogP contribution in [-0.4, -0.2) is 18.6 Å². The van der Waals surface area contributed by atoms with Gasteiger partial charge in [-0.1, -0.05) is 26.8 Å². The van der Waals surface area contributed by atoms with E-state index in [1.54, 1.807) is 5.94 Å². The van der Waals surface area contributed by atoms with Crippen molar-refractivity contribution in [3.8, 4) is 5.75 Å². The minimum Gasteiger partial charge on any atom is -0.493 e. The van der Waals surface area contributed by atoms with Crippen LogP contribution in [0.5, 0.6) is 5.75 Å². The maximum atomic E-state index is 10.1. The quantitative estimate of drug-likeness (QED) is 0.641. The molecule has 1 unspecified atom stereocenters. The molecule has 0 aliphatic heterocycles. The van der Waals surface area contributed by atoms with Crippen LogP contribution >= 0.6 is 0 Å². The molecule has 0 bridgehead atoms. The summed E-state index contributed by atoms with van der Waals surface area (Å²) in [6.07, 6.45) is 6.08. The molecule has 20 heavy (non-hydrogen) atoms. The van der Waals surface area contributed by atoms with Crippen LogP contribution in [-0.2, 0) is 24.1 Å². The Bertz CT molecular complexity index is 490. The summed E-state index contributed by atoms with van der Waals surface area (Å²) in [5.41, 5.74) is 9.94. The molecule has 1 atom stereocenters. The van der Waals surface area contributed by atoms with E-state index in [1.807, 2.05) is 0 Å². The molecular formula is C17H25NO2. The van der Waals surface area contributed by atoms with Gasteiger partial charge in [-0.2, -0.15) is 0 Å². The van der Waals surface area contributed by atoms with Crippen molar-refractivity contribution in [3.63, 3.8) is 0 Å². The molecular weight excluding hydrogens is 250 g/mol. The lowest BCUT2D eigenvalue weighted by Crippen LogP contribution is -2.19. The summed E-state index contributed by atoms with van der Waals surface area (Å²) >= 11 is 0. The van der Waals surface area contributed by atoms with Gasteiger partial charge >= 0.3 is 0 Å². The molecule has 0 heterocycles. The Hall–Kier alpha value is -1.57. The first-order chi connectivity index (χ1) is 9.24. The lowest BCUT2D eigenvalue weighted by molar-refractivity contribution is 0.321. The van der Waals surface area contributed by atoms with E-state index in [9.17, 15) is 4.79 Å². The monoisotopic (exact) mass is 275 g/mol. The molecule has 1 aromatic rings. The van der Waals surface area contributed by atoms with Gasteiger partial charge < -0.3 is 10.5 Å². The van der Waals surface area contributed by atoms with Crippen molar-refractivity contribution in [3.05, 3.63) is 34.9 Å². The van der Waals surface area contributed by atoms with Crippen LogP contribution in [0.15, 0.2) is 18.2 Å². The van der Waals surface area contributed by atoms with Gasteiger partial charge in [0, 0.05) is 18.5 Å². The zero-order valence-corrected chi connectivity index (χ0v) is 11.4.